The molecule has 0 aromatic carbocycles. The Kier molecular flexibility index (Phi) is 18.6. The van der Waals surface area contributed by atoms with Gasteiger partial charge in [-0.3, -0.25) is 28.0 Å². The number of carbonyl (C=O) groups is 3. The topological polar surface area (TPSA) is 253 Å². The number of rotatable bonds is 24. The molecule has 0 heterocycles. The van der Waals surface area contributed by atoms with E-state index in [4.69, 9.17) is 13.6 Å². The van der Waals surface area contributed by atoms with Crippen molar-refractivity contribution in [2.75, 3.05) is 79.1 Å². The molecule has 0 atom stereocenters. The molecule has 0 aliphatic carbocycles. The van der Waals surface area contributed by atoms with E-state index in [0.717, 1.165) is 0 Å². The van der Waals surface area contributed by atoms with Gasteiger partial charge in [-0.1, -0.05) is 0 Å². The average molecular weight is 618 g/mol. The molecule has 3 amide bonds. The molecular weight excluding hydrogens is 569 g/mol. The third kappa shape index (κ3) is 13.4. The second-order valence-corrected chi connectivity index (χ2v) is 12.1. The summed E-state index contributed by atoms with van der Waals surface area (Å²) in [6.45, 7) is 0.619. The highest BCUT2D eigenvalue weighted by Crippen LogP contribution is 2.49. The van der Waals surface area contributed by atoms with Crippen LogP contribution in [0.2, 0.25) is 0 Å². The van der Waals surface area contributed by atoms with Crippen LogP contribution in [0.4, 0.5) is 0 Å². The lowest BCUT2D eigenvalue weighted by molar-refractivity contribution is -0.135. The van der Waals surface area contributed by atoms with E-state index in [1.807, 2.05) is 0 Å². The van der Waals surface area contributed by atoms with Crippen LogP contribution in [-0.2, 0) is 32.5 Å². The van der Waals surface area contributed by atoms with Crippen LogP contribution in [0.5, 0.6) is 0 Å². The lowest BCUT2D eigenvalue weighted by Crippen LogP contribution is -2.44. The number of phosphoric acid groups is 1. The van der Waals surface area contributed by atoms with E-state index in [1.54, 1.807) is 0 Å². The molecule has 9 N–H and O–H groups in total. The summed E-state index contributed by atoms with van der Waals surface area (Å²) in [5, 5.41) is 63.3. The molecule has 0 bridgehead atoms. The summed E-state index contributed by atoms with van der Waals surface area (Å²) in [5.41, 5.74) is -4.07. The molecule has 16 nitrogen and oxygen atoms in total. The summed E-state index contributed by atoms with van der Waals surface area (Å²) in [5.74, 6) is -1.71. The summed E-state index contributed by atoms with van der Waals surface area (Å²) in [4.78, 5) is 36.3. The van der Waals surface area contributed by atoms with Crippen molar-refractivity contribution in [1.82, 2.24) is 16.0 Å². The maximum Gasteiger partial charge on any atom is 0.474 e. The zero-order valence-electron chi connectivity index (χ0n) is 24.1. The summed E-state index contributed by atoms with van der Waals surface area (Å²) in [6, 6.07) is 0. The highest BCUT2D eigenvalue weighted by Gasteiger charge is 2.33. The fourth-order valence-corrected chi connectivity index (χ4v) is 3.97. The third-order valence-electron chi connectivity index (χ3n) is 6.31. The molecule has 0 aliphatic rings. The minimum absolute atomic E-state index is 0.0788. The second-order valence-electron chi connectivity index (χ2n) is 10.4. The third-order valence-corrected chi connectivity index (χ3v) is 7.80. The molecule has 41 heavy (non-hydrogen) atoms. The minimum Gasteiger partial charge on any atom is -0.395 e. The minimum atomic E-state index is -4.12. The quantitative estimate of drug-likeness (QED) is 0.0406. The van der Waals surface area contributed by atoms with Crippen LogP contribution < -0.4 is 16.0 Å². The standard InChI is InChI=1S/C24H48N3O13P/c1-22(13-28,14-29)19(34)25-7-4-10-38-41(37,39-11-5-8-26-20(35)23(2,15-30)16-31)40-12-6-9-27-21(36)24(3,17-32)18-33/h28-33H,4-18H2,1-3H3,(H,25,34)(H,26,35)(H,27,36). The Balaban J connectivity index is 4.86. The van der Waals surface area contributed by atoms with E-state index in [-0.39, 0.29) is 58.7 Å². The van der Waals surface area contributed by atoms with Crippen LogP contribution in [0.1, 0.15) is 40.0 Å². The smallest absolute Gasteiger partial charge is 0.395 e. The Hall–Kier alpha value is -1.72. The normalized spacial score (nSPS) is 12.7. The van der Waals surface area contributed by atoms with Crippen LogP contribution in [-0.4, -0.2) is 127 Å². The molecule has 0 radical (unpaired) electrons. The monoisotopic (exact) mass is 617 g/mol. The van der Waals surface area contributed by atoms with Crippen molar-refractivity contribution in [1.29, 1.82) is 0 Å². The first kappa shape index (κ1) is 39.3. The van der Waals surface area contributed by atoms with E-state index in [0.29, 0.717) is 0 Å². The maximum absolute atomic E-state index is 13.1. The summed E-state index contributed by atoms with van der Waals surface area (Å²) in [6.07, 6.45) is 0.552. The second kappa shape index (κ2) is 19.5. The summed E-state index contributed by atoms with van der Waals surface area (Å²) in [7, 11) is -4.12. The number of carbonyl (C=O) groups excluding carboxylic acids is 3. The molecule has 0 aromatic rings. The molecule has 0 rings (SSSR count). The van der Waals surface area contributed by atoms with Gasteiger partial charge in [-0.2, -0.15) is 0 Å². The van der Waals surface area contributed by atoms with Gasteiger partial charge in [0.2, 0.25) is 17.7 Å². The number of hydrogen-bond acceptors (Lipinski definition) is 13. The van der Waals surface area contributed by atoms with Gasteiger partial charge < -0.3 is 46.6 Å². The zero-order chi connectivity index (χ0) is 31.6. The van der Waals surface area contributed by atoms with Crippen molar-refractivity contribution >= 4 is 25.5 Å². The van der Waals surface area contributed by atoms with Crippen LogP contribution in [0.25, 0.3) is 0 Å². The van der Waals surface area contributed by atoms with Gasteiger partial charge in [-0.25, -0.2) is 4.57 Å². The van der Waals surface area contributed by atoms with E-state index >= 15 is 0 Å². The van der Waals surface area contributed by atoms with Crippen molar-refractivity contribution in [2.24, 2.45) is 16.2 Å². The Morgan fingerprint density at radius 1 is 0.537 bits per heavy atom. The molecule has 0 unspecified atom stereocenters. The van der Waals surface area contributed by atoms with Gasteiger partial charge >= 0.3 is 7.82 Å². The highest BCUT2D eigenvalue weighted by atomic mass is 31.2. The number of nitrogens with one attached hydrogen (secondary N) is 3. The highest BCUT2D eigenvalue weighted by molar-refractivity contribution is 7.48. The first-order chi connectivity index (χ1) is 19.2. The first-order valence-corrected chi connectivity index (χ1v) is 14.7. The van der Waals surface area contributed by atoms with E-state index in [9.17, 15) is 49.6 Å². The Labute approximate surface area is 240 Å². The van der Waals surface area contributed by atoms with Gasteiger partial charge in [0.25, 0.3) is 0 Å². The van der Waals surface area contributed by atoms with Crippen LogP contribution in [0.15, 0.2) is 0 Å². The Morgan fingerprint density at radius 3 is 0.951 bits per heavy atom. The molecule has 17 heteroatoms. The van der Waals surface area contributed by atoms with Gasteiger partial charge in [0.15, 0.2) is 0 Å². The van der Waals surface area contributed by atoms with Gasteiger partial charge in [-0.05, 0) is 40.0 Å². The van der Waals surface area contributed by atoms with Gasteiger partial charge in [-0.15, -0.1) is 0 Å². The van der Waals surface area contributed by atoms with Crippen molar-refractivity contribution in [2.45, 2.75) is 40.0 Å². The largest absolute Gasteiger partial charge is 0.474 e. The summed E-state index contributed by atoms with van der Waals surface area (Å²) >= 11 is 0. The number of phosphoric ester groups is 1. The average Bonchev–Trinajstić information content (AvgIpc) is 2.98. The van der Waals surface area contributed by atoms with Crippen molar-refractivity contribution < 1.29 is 63.2 Å². The molecule has 0 saturated heterocycles. The molecule has 0 aliphatic heterocycles. The SMILES string of the molecule is CC(CO)(CO)C(=O)NCCCOP(=O)(OCCCNC(=O)C(C)(CO)CO)OCCCNC(=O)C(C)(CO)CO. The Bertz CT molecular complexity index is 729. The van der Waals surface area contributed by atoms with E-state index < -0.39 is 81.4 Å². The van der Waals surface area contributed by atoms with E-state index in [2.05, 4.69) is 16.0 Å². The Morgan fingerprint density at radius 2 is 0.756 bits per heavy atom. The van der Waals surface area contributed by atoms with Gasteiger partial charge in [0.1, 0.15) is 0 Å². The lowest BCUT2D eigenvalue weighted by atomic mass is 9.92. The fourth-order valence-electron chi connectivity index (χ4n) is 2.68. The van der Waals surface area contributed by atoms with Crippen LogP contribution >= 0.6 is 7.82 Å². The predicted molar refractivity (Wildman–Crippen MR) is 145 cm³/mol. The fraction of sp³-hybridized carbons (Fsp3) is 0.875. The number of aliphatic hydroxyl groups is 6. The molecule has 0 fully saturated rings. The number of hydrogen-bond donors (Lipinski definition) is 9. The van der Waals surface area contributed by atoms with Crippen LogP contribution in [0, 0.1) is 16.2 Å². The van der Waals surface area contributed by atoms with E-state index in [1.165, 1.54) is 20.8 Å². The summed E-state index contributed by atoms with van der Waals surface area (Å²) < 4.78 is 29.1. The first-order valence-electron chi connectivity index (χ1n) is 13.3. The zero-order valence-corrected chi connectivity index (χ0v) is 25.0. The predicted octanol–water partition coefficient (Wildman–Crippen LogP) is -2.36. The van der Waals surface area contributed by atoms with Gasteiger partial charge in [0, 0.05) is 19.6 Å². The van der Waals surface area contributed by atoms with Crippen LogP contribution in [0.3, 0.4) is 0 Å². The lowest BCUT2D eigenvalue weighted by Gasteiger charge is -2.24. The van der Waals surface area contributed by atoms with Crippen molar-refractivity contribution in [3.05, 3.63) is 0 Å². The maximum atomic E-state index is 13.1. The molecule has 0 saturated carbocycles. The molecule has 0 aromatic heterocycles. The number of aliphatic hydroxyl groups excluding tert-OH is 6. The number of amides is 3. The molecular formula is C24H48N3O13P. The van der Waals surface area contributed by atoms with Crippen molar-refractivity contribution in [3.8, 4) is 0 Å². The molecule has 0 spiro atoms. The molecule has 242 valence electrons. The van der Waals surface area contributed by atoms with Gasteiger partial charge in [0.05, 0.1) is 75.7 Å². The van der Waals surface area contributed by atoms with Crippen molar-refractivity contribution in [3.63, 3.8) is 0 Å².